The van der Waals surface area contributed by atoms with Crippen LogP contribution in [0.25, 0.3) is 11.4 Å². The van der Waals surface area contributed by atoms with Crippen molar-refractivity contribution >= 4 is 39.9 Å². The maximum atomic E-state index is 12.8. The second-order valence-corrected chi connectivity index (χ2v) is 10.0. The number of furan rings is 1. The van der Waals surface area contributed by atoms with Gasteiger partial charge in [-0.15, -0.1) is 21.5 Å². The zero-order chi connectivity index (χ0) is 23.5. The van der Waals surface area contributed by atoms with Gasteiger partial charge in [-0.3, -0.25) is 14.2 Å². The van der Waals surface area contributed by atoms with E-state index in [1.165, 1.54) is 23.1 Å². The summed E-state index contributed by atoms with van der Waals surface area (Å²) in [5, 5.41) is 12.8. The third-order valence-electron chi connectivity index (χ3n) is 5.65. The number of amides is 2. The van der Waals surface area contributed by atoms with Crippen LogP contribution in [0.5, 0.6) is 0 Å². The van der Waals surface area contributed by atoms with Gasteiger partial charge in [-0.1, -0.05) is 42.1 Å². The van der Waals surface area contributed by atoms with Crippen LogP contribution in [0.15, 0.2) is 58.3 Å². The smallest absolute Gasteiger partial charge is 0.251 e. The zero-order valence-corrected chi connectivity index (χ0v) is 20.0. The molecule has 1 aromatic carbocycles. The molecule has 0 atom stereocenters. The number of aryl methyl sites for hydroxylation is 1. The molecule has 3 aromatic heterocycles. The zero-order valence-electron chi connectivity index (χ0n) is 18.3. The van der Waals surface area contributed by atoms with E-state index in [9.17, 15) is 9.59 Å². The molecule has 4 aromatic rings. The number of rotatable bonds is 8. The number of primary amides is 1. The highest BCUT2D eigenvalue weighted by molar-refractivity contribution is 7.99. The van der Waals surface area contributed by atoms with Gasteiger partial charge in [0, 0.05) is 10.4 Å². The molecular formula is C24H23N5O3S2. The van der Waals surface area contributed by atoms with E-state index in [1.54, 1.807) is 6.26 Å². The Balaban J connectivity index is 1.34. The quantitative estimate of drug-likeness (QED) is 0.353. The molecule has 0 saturated heterocycles. The summed E-state index contributed by atoms with van der Waals surface area (Å²) >= 11 is 2.74. The number of fused-ring (bicyclic) bond motifs is 1. The van der Waals surface area contributed by atoms with Crippen LogP contribution in [0.2, 0.25) is 0 Å². The fraction of sp³-hybridized carbons (Fsp3) is 0.250. The summed E-state index contributed by atoms with van der Waals surface area (Å²) in [7, 11) is 0. The number of carbonyl (C=O) groups excluding carboxylic acids is 2. The van der Waals surface area contributed by atoms with Gasteiger partial charge < -0.3 is 15.5 Å². The van der Waals surface area contributed by atoms with E-state index < -0.39 is 5.91 Å². The molecule has 2 amide bonds. The normalized spacial score (nSPS) is 12.9. The number of nitrogens with two attached hydrogens (primary N) is 1. The van der Waals surface area contributed by atoms with Crippen LogP contribution in [0.3, 0.4) is 0 Å². The molecule has 34 heavy (non-hydrogen) atoms. The van der Waals surface area contributed by atoms with Gasteiger partial charge in [0.15, 0.2) is 11.0 Å². The minimum atomic E-state index is -0.493. The number of anilines is 1. The van der Waals surface area contributed by atoms with E-state index in [2.05, 4.69) is 15.5 Å². The predicted octanol–water partition coefficient (Wildman–Crippen LogP) is 4.36. The maximum Gasteiger partial charge on any atom is 0.251 e. The second kappa shape index (κ2) is 9.86. The summed E-state index contributed by atoms with van der Waals surface area (Å²) in [4.78, 5) is 26.1. The SMILES string of the molecule is NC(=O)c1c(NC(=O)CSc2nnc(-c3ccccc3)n2Cc2ccco2)sc2c1CCCC2. The average molecular weight is 494 g/mol. The van der Waals surface area contributed by atoms with Crippen LogP contribution in [0.1, 0.15) is 39.4 Å². The molecular weight excluding hydrogens is 470 g/mol. The van der Waals surface area contributed by atoms with Crippen LogP contribution < -0.4 is 11.1 Å². The summed E-state index contributed by atoms with van der Waals surface area (Å²) in [6.07, 6.45) is 5.49. The lowest BCUT2D eigenvalue weighted by Crippen LogP contribution is -2.19. The van der Waals surface area contributed by atoms with E-state index in [0.29, 0.717) is 28.1 Å². The number of carbonyl (C=O) groups is 2. The Bertz CT molecular complexity index is 1310. The first-order valence-electron chi connectivity index (χ1n) is 11.0. The van der Waals surface area contributed by atoms with Crippen LogP contribution in [-0.2, 0) is 24.2 Å². The van der Waals surface area contributed by atoms with E-state index in [-0.39, 0.29) is 11.7 Å². The van der Waals surface area contributed by atoms with E-state index in [1.807, 2.05) is 47.0 Å². The third-order valence-corrected chi connectivity index (χ3v) is 7.82. The molecule has 0 unspecified atom stereocenters. The lowest BCUT2D eigenvalue weighted by atomic mass is 9.95. The van der Waals surface area contributed by atoms with Crippen molar-refractivity contribution in [1.29, 1.82) is 0 Å². The molecule has 174 valence electrons. The minimum Gasteiger partial charge on any atom is -0.467 e. The Morgan fingerprint density at radius 2 is 1.94 bits per heavy atom. The van der Waals surface area contributed by atoms with E-state index in [4.69, 9.17) is 10.2 Å². The number of thioether (sulfide) groups is 1. The topological polar surface area (TPSA) is 116 Å². The molecule has 0 spiro atoms. The summed E-state index contributed by atoms with van der Waals surface area (Å²) < 4.78 is 7.46. The predicted molar refractivity (Wildman–Crippen MR) is 132 cm³/mol. The molecule has 0 bridgehead atoms. The number of thiophene rings is 1. The monoisotopic (exact) mass is 493 g/mol. The van der Waals surface area contributed by atoms with Gasteiger partial charge in [-0.2, -0.15) is 0 Å². The van der Waals surface area contributed by atoms with Gasteiger partial charge in [-0.25, -0.2) is 0 Å². The summed E-state index contributed by atoms with van der Waals surface area (Å²) in [6, 6.07) is 13.5. The van der Waals surface area contributed by atoms with Crippen LogP contribution in [0, 0.1) is 0 Å². The number of hydrogen-bond donors (Lipinski definition) is 2. The van der Waals surface area contributed by atoms with Gasteiger partial charge in [-0.05, 0) is 43.4 Å². The highest BCUT2D eigenvalue weighted by Gasteiger charge is 2.25. The van der Waals surface area contributed by atoms with Crippen molar-refractivity contribution in [2.75, 3.05) is 11.1 Å². The first-order valence-corrected chi connectivity index (χ1v) is 12.8. The fourth-order valence-electron chi connectivity index (χ4n) is 4.10. The van der Waals surface area contributed by atoms with Gasteiger partial charge in [0.1, 0.15) is 10.8 Å². The first-order chi connectivity index (χ1) is 16.6. The van der Waals surface area contributed by atoms with Crippen molar-refractivity contribution in [3.63, 3.8) is 0 Å². The van der Waals surface area contributed by atoms with Gasteiger partial charge in [0.25, 0.3) is 5.91 Å². The van der Waals surface area contributed by atoms with Crippen molar-refractivity contribution in [2.45, 2.75) is 37.4 Å². The number of nitrogens with zero attached hydrogens (tertiary/aromatic N) is 3. The Morgan fingerprint density at radius 3 is 2.71 bits per heavy atom. The van der Waals surface area contributed by atoms with Crippen molar-refractivity contribution in [3.8, 4) is 11.4 Å². The number of aromatic nitrogens is 3. The van der Waals surface area contributed by atoms with Gasteiger partial charge >= 0.3 is 0 Å². The third kappa shape index (κ3) is 4.64. The largest absolute Gasteiger partial charge is 0.467 e. The average Bonchev–Trinajstić information content (AvgIpc) is 3.57. The summed E-state index contributed by atoms with van der Waals surface area (Å²) in [5.41, 5.74) is 8.03. The van der Waals surface area contributed by atoms with E-state index >= 15 is 0 Å². The molecule has 1 aliphatic rings. The Kier molecular flexibility index (Phi) is 6.50. The first kappa shape index (κ1) is 22.4. The van der Waals surface area contributed by atoms with Crippen LogP contribution in [0.4, 0.5) is 5.00 Å². The van der Waals surface area contributed by atoms with Crippen LogP contribution in [-0.4, -0.2) is 32.3 Å². The standard InChI is InChI=1S/C24H23N5O3S2/c25-21(31)20-17-10-4-5-11-18(17)34-23(20)26-19(30)14-33-24-28-27-22(15-7-2-1-3-8-15)29(24)13-16-9-6-12-32-16/h1-3,6-9,12H,4-5,10-11,13-14H2,(H2,25,31)(H,26,30). The molecule has 8 nitrogen and oxygen atoms in total. The number of benzene rings is 1. The fourth-order valence-corrected chi connectivity index (χ4v) is 6.15. The van der Waals surface area contributed by atoms with Crippen molar-refractivity contribution in [1.82, 2.24) is 14.8 Å². The molecule has 0 radical (unpaired) electrons. The van der Waals surface area contributed by atoms with Gasteiger partial charge in [0.05, 0.1) is 24.1 Å². The second-order valence-electron chi connectivity index (χ2n) is 7.95. The summed E-state index contributed by atoms with van der Waals surface area (Å²) in [6.45, 7) is 0.442. The Hall–Kier alpha value is -3.37. The maximum absolute atomic E-state index is 12.8. The van der Waals surface area contributed by atoms with Crippen molar-refractivity contribution in [2.24, 2.45) is 5.73 Å². The summed E-state index contributed by atoms with van der Waals surface area (Å²) in [5.74, 6) is 0.861. The van der Waals surface area contributed by atoms with Crippen molar-refractivity contribution in [3.05, 3.63) is 70.5 Å². The molecule has 0 fully saturated rings. The highest BCUT2D eigenvalue weighted by atomic mass is 32.2. The minimum absolute atomic E-state index is 0.117. The molecule has 0 saturated carbocycles. The Morgan fingerprint density at radius 1 is 1.12 bits per heavy atom. The molecule has 10 heteroatoms. The van der Waals surface area contributed by atoms with Crippen LogP contribution >= 0.6 is 23.1 Å². The molecule has 1 aliphatic carbocycles. The Labute approximate surface area is 204 Å². The molecule has 3 heterocycles. The molecule has 5 rings (SSSR count). The van der Waals surface area contributed by atoms with Crippen molar-refractivity contribution < 1.29 is 14.0 Å². The number of nitrogens with one attached hydrogen (secondary N) is 1. The van der Waals surface area contributed by atoms with Gasteiger partial charge in [0.2, 0.25) is 5.91 Å². The lowest BCUT2D eigenvalue weighted by Gasteiger charge is -2.11. The molecule has 0 aliphatic heterocycles. The lowest BCUT2D eigenvalue weighted by molar-refractivity contribution is -0.113. The molecule has 3 N–H and O–H groups in total. The highest BCUT2D eigenvalue weighted by Crippen LogP contribution is 2.38. The number of hydrogen-bond acceptors (Lipinski definition) is 7. The van der Waals surface area contributed by atoms with E-state index in [0.717, 1.165) is 47.4 Å².